The van der Waals surface area contributed by atoms with Gasteiger partial charge < -0.3 is 10.1 Å². The first-order chi connectivity index (χ1) is 12.7. The fraction of sp³-hybridized carbons (Fsp3) is 0.143. The number of hydrogen-bond donors (Lipinski definition) is 1. The van der Waals surface area contributed by atoms with Crippen LogP contribution in [-0.2, 0) is 0 Å². The topological polar surface area (TPSA) is 55.4 Å². The highest BCUT2D eigenvalue weighted by molar-refractivity contribution is 7.12. The van der Waals surface area contributed by atoms with E-state index in [1.54, 1.807) is 42.5 Å². The maximum Gasteiger partial charge on any atom is 0.265 e. The molecule has 3 aromatic rings. The average Bonchev–Trinajstić information content (AvgIpc) is 3.21. The Kier molecular flexibility index (Phi) is 5.81. The molecule has 2 aromatic carbocycles. The van der Waals surface area contributed by atoms with Gasteiger partial charge in [0.15, 0.2) is 6.10 Å². The fourth-order valence-electron chi connectivity index (χ4n) is 2.52. The number of ether oxygens (including phenoxy) is 1. The molecule has 1 heterocycles. The fourth-order valence-corrected chi connectivity index (χ4v) is 3.14. The molecule has 0 saturated carbocycles. The van der Waals surface area contributed by atoms with Crippen molar-refractivity contribution in [2.45, 2.75) is 19.4 Å². The third-order valence-electron chi connectivity index (χ3n) is 3.84. The number of ketones is 1. The molecule has 0 fully saturated rings. The van der Waals surface area contributed by atoms with Gasteiger partial charge in [0.25, 0.3) is 5.91 Å². The van der Waals surface area contributed by atoms with Crippen LogP contribution in [0.1, 0.15) is 33.4 Å². The van der Waals surface area contributed by atoms with E-state index in [1.807, 2.05) is 36.6 Å². The SMILES string of the molecule is CCC(Oc1cccc(NC(=O)c2cccs2)c1)C(=O)c1ccccc1. The molecule has 1 aromatic heterocycles. The van der Waals surface area contributed by atoms with Crippen LogP contribution in [0.15, 0.2) is 72.1 Å². The lowest BCUT2D eigenvalue weighted by Gasteiger charge is -2.17. The van der Waals surface area contributed by atoms with Gasteiger partial charge in [0, 0.05) is 17.3 Å². The zero-order valence-electron chi connectivity index (χ0n) is 14.3. The molecule has 0 spiro atoms. The second-order valence-electron chi connectivity index (χ2n) is 5.70. The number of hydrogen-bond acceptors (Lipinski definition) is 4. The van der Waals surface area contributed by atoms with Crippen molar-refractivity contribution in [3.63, 3.8) is 0 Å². The van der Waals surface area contributed by atoms with Crippen LogP contribution in [0.2, 0.25) is 0 Å². The number of benzene rings is 2. The molecule has 26 heavy (non-hydrogen) atoms. The molecule has 5 heteroatoms. The van der Waals surface area contributed by atoms with E-state index < -0.39 is 6.10 Å². The van der Waals surface area contributed by atoms with E-state index in [9.17, 15) is 9.59 Å². The van der Waals surface area contributed by atoms with Gasteiger partial charge in [0.2, 0.25) is 5.78 Å². The van der Waals surface area contributed by atoms with Crippen LogP contribution < -0.4 is 10.1 Å². The minimum atomic E-state index is -0.569. The summed E-state index contributed by atoms with van der Waals surface area (Å²) in [6.07, 6.45) is -0.0138. The highest BCUT2D eigenvalue weighted by Crippen LogP contribution is 2.22. The molecule has 0 radical (unpaired) electrons. The smallest absolute Gasteiger partial charge is 0.265 e. The predicted octanol–water partition coefficient (Wildman–Crippen LogP) is 5.04. The maximum absolute atomic E-state index is 12.6. The summed E-state index contributed by atoms with van der Waals surface area (Å²) in [4.78, 5) is 25.4. The molecule has 132 valence electrons. The lowest BCUT2D eigenvalue weighted by molar-refractivity contribution is 0.0786. The number of carbonyl (C=O) groups excluding carboxylic acids is 2. The number of amides is 1. The van der Waals surface area contributed by atoms with E-state index in [1.165, 1.54) is 11.3 Å². The minimum absolute atomic E-state index is 0.0545. The summed E-state index contributed by atoms with van der Waals surface area (Å²) in [5.41, 5.74) is 1.25. The largest absolute Gasteiger partial charge is 0.482 e. The Balaban J connectivity index is 1.71. The zero-order chi connectivity index (χ0) is 18.4. The van der Waals surface area contributed by atoms with E-state index in [-0.39, 0.29) is 11.7 Å². The standard InChI is InChI=1S/C21H19NO3S/c1-2-18(20(23)15-8-4-3-5-9-15)25-17-11-6-10-16(14-17)22-21(24)19-12-7-13-26-19/h3-14,18H,2H2,1H3,(H,22,24). The number of thiophene rings is 1. The number of anilines is 1. The molecule has 0 bridgehead atoms. The van der Waals surface area contributed by atoms with Gasteiger partial charge in [-0.05, 0) is 30.0 Å². The predicted molar refractivity (Wildman–Crippen MR) is 104 cm³/mol. The van der Waals surface area contributed by atoms with Crippen molar-refractivity contribution in [3.8, 4) is 5.75 Å². The molecular formula is C21H19NO3S. The summed E-state index contributed by atoms with van der Waals surface area (Å²) >= 11 is 1.38. The van der Waals surface area contributed by atoms with Crippen molar-refractivity contribution in [1.82, 2.24) is 0 Å². The van der Waals surface area contributed by atoms with Gasteiger partial charge in [0.05, 0.1) is 4.88 Å². The Hall–Kier alpha value is -2.92. The van der Waals surface area contributed by atoms with Crippen molar-refractivity contribution < 1.29 is 14.3 Å². The monoisotopic (exact) mass is 365 g/mol. The van der Waals surface area contributed by atoms with Gasteiger partial charge in [-0.1, -0.05) is 49.4 Å². The lowest BCUT2D eigenvalue weighted by atomic mass is 10.0. The number of rotatable bonds is 7. The molecular weight excluding hydrogens is 346 g/mol. The van der Waals surface area contributed by atoms with Crippen LogP contribution >= 0.6 is 11.3 Å². The zero-order valence-corrected chi connectivity index (χ0v) is 15.2. The molecule has 3 rings (SSSR count). The summed E-state index contributed by atoms with van der Waals surface area (Å²) < 4.78 is 5.89. The van der Waals surface area contributed by atoms with Crippen molar-refractivity contribution in [2.24, 2.45) is 0 Å². The van der Waals surface area contributed by atoms with Crippen LogP contribution in [0, 0.1) is 0 Å². The second kappa shape index (κ2) is 8.45. The van der Waals surface area contributed by atoms with Crippen molar-refractivity contribution in [2.75, 3.05) is 5.32 Å². The van der Waals surface area contributed by atoms with E-state index in [2.05, 4.69) is 5.32 Å². The Bertz CT molecular complexity index is 875. The van der Waals surface area contributed by atoms with Crippen LogP contribution in [0.5, 0.6) is 5.75 Å². The van der Waals surface area contributed by atoms with Crippen molar-refractivity contribution in [1.29, 1.82) is 0 Å². The molecule has 0 aliphatic heterocycles. The minimum Gasteiger partial charge on any atom is -0.482 e. The molecule has 1 amide bonds. The van der Waals surface area contributed by atoms with Gasteiger partial charge in [-0.15, -0.1) is 11.3 Å². The molecule has 1 unspecified atom stereocenters. The third kappa shape index (κ3) is 4.37. The molecule has 0 saturated heterocycles. The summed E-state index contributed by atoms with van der Waals surface area (Å²) in [5, 5.41) is 4.70. The first kappa shape index (κ1) is 17.9. The first-order valence-electron chi connectivity index (χ1n) is 8.38. The molecule has 1 atom stereocenters. The maximum atomic E-state index is 12.6. The molecule has 1 N–H and O–H groups in total. The van der Waals surface area contributed by atoms with Gasteiger partial charge in [-0.2, -0.15) is 0 Å². The second-order valence-corrected chi connectivity index (χ2v) is 6.65. The molecule has 0 aliphatic rings. The quantitative estimate of drug-likeness (QED) is 0.597. The van der Waals surface area contributed by atoms with E-state index in [4.69, 9.17) is 4.74 Å². The summed E-state index contributed by atoms with van der Waals surface area (Å²) in [6, 6.07) is 19.8. The summed E-state index contributed by atoms with van der Waals surface area (Å²) in [5.74, 6) is 0.329. The first-order valence-corrected chi connectivity index (χ1v) is 9.26. The van der Waals surface area contributed by atoms with Crippen LogP contribution in [0.3, 0.4) is 0 Å². The van der Waals surface area contributed by atoms with Gasteiger partial charge in [-0.3, -0.25) is 9.59 Å². The lowest BCUT2D eigenvalue weighted by Crippen LogP contribution is -2.26. The van der Waals surface area contributed by atoms with Crippen molar-refractivity contribution in [3.05, 3.63) is 82.6 Å². The Morgan fingerprint density at radius 2 is 1.85 bits per heavy atom. The van der Waals surface area contributed by atoms with Gasteiger partial charge in [0.1, 0.15) is 5.75 Å². The average molecular weight is 365 g/mol. The highest BCUT2D eigenvalue weighted by atomic mass is 32.1. The summed E-state index contributed by atoms with van der Waals surface area (Å²) in [7, 11) is 0. The third-order valence-corrected chi connectivity index (χ3v) is 4.71. The van der Waals surface area contributed by atoms with E-state index in [0.717, 1.165) is 0 Å². The van der Waals surface area contributed by atoms with Gasteiger partial charge >= 0.3 is 0 Å². The summed E-state index contributed by atoms with van der Waals surface area (Å²) in [6.45, 7) is 1.91. The number of nitrogens with one attached hydrogen (secondary N) is 1. The molecule has 4 nitrogen and oxygen atoms in total. The number of Topliss-reactive ketones (excluding diaryl/α,β-unsaturated/α-hetero) is 1. The van der Waals surface area contributed by atoms with Gasteiger partial charge in [-0.25, -0.2) is 0 Å². The van der Waals surface area contributed by atoms with Crippen LogP contribution in [-0.4, -0.2) is 17.8 Å². The normalized spacial score (nSPS) is 11.6. The Labute approximate surface area is 156 Å². The Morgan fingerprint density at radius 3 is 2.54 bits per heavy atom. The Morgan fingerprint density at radius 1 is 1.04 bits per heavy atom. The van der Waals surface area contributed by atoms with Crippen LogP contribution in [0.25, 0.3) is 0 Å². The number of carbonyl (C=O) groups is 2. The highest BCUT2D eigenvalue weighted by Gasteiger charge is 2.20. The van der Waals surface area contributed by atoms with E-state index >= 15 is 0 Å². The van der Waals surface area contributed by atoms with Crippen molar-refractivity contribution >= 4 is 28.7 Å². The van der Waals surface area contributed by atoms with E-state index in [0.29, 0.717) is 28.3 Å². The molecule has 0 aliphatic carbocycles. The van der Waals surface area contributed by atoms with Crippen LogP contribution in [0.4, 0.5) is 5.69 Å².